The standard InChI is InChI=1S/C24H21FN6O3/c1-15-12-30(29-27-15)13-20-14-31(24(32)33-20)18-6-7-21(22(25)10-18)16-2-4-17(5-3-16)23-11-19(8-9-26)34-28-23/h2-7,10-12,19-20,28H,8,13-14H2,1H3/t19?,20-/m0/s1. The molecule has 1 unspecified atom stereocenters. The van der Waals surface area contributed by atoms with Crippen LogP contribution in [0.3, 0.4) is 0 Å². The number of carbonyl (C=O) groups is 1. The lowest BCUT2D eigenvalue weighted by atomic mass is 10.0. The molecular weight excluding hydrogens is 439 g/mol. The molecule has 1 aromatic heterocycles. The molecular formula is C24H21FN6O3. The molecule has 0 bridgehead atoms. The second-order valence-corrected chi connectivity index (χ2v) is 8.14. The minimum Gasteiger partial charge on any atom is -0.442 e. The number of aromatic nitrogens is 3. The normalized spacial score (nSPS) is 19.5. The van der Waals surface area contributed by atoms with Crippen LogP contribution in [0, 0.1) is 24.1 Å². The number of aryl methyl sites for hydroxylation is 1. The van der Waals surface area contributed by atoms with Crippen LogP contribution in [0.1, 0.15) is 17.7 Å². The van der Waals surface area contributed by atoms with E-state index in [1.807, 2.05) is 37.3 Å². The number of amides is 1. The zero-order valence-corrected chi connectivity index (χ0v) is 18.3. The van der Waals surface area contributed by atoms with Gasteiger partial charge in [0.05, 0.1) is 42.7 Å². The highest BCUT2D eigenvalue weighted by atomic mass is 19.1. The minimum absolute atomic E-state index is 0.261. The Balaban J connectivity index is 1.29. The lowest BCUT2D eigenvalue weighted by Gasteiger charge is -2.14. The number of cyclic esters (lactones) is 1. The highest BCUT2D eigenvalue weighted by molar-refractivity contribution is 5.90. The molecule has 3 heterocycles. The highest BCUT2D eigenvalue weighted by Crippen LogP contribution is 2.30. The van der Waals surface area contributed by atoms with Crippen molar-refractivity contribution in [1.29, 1.82) is 5.26 Å². The van der Waals surface area contributed by atoms with Gasteiger partial charge in [0, 0.05) is 11.8 Å². The zero-order chi connectivity index (χ0) is 23.7. The van der Waals surface area contributed by atoms with Crippen molar-refractivity contribution >= 4 is 17.5 Å². The number of carbonyl (C=O) groups excluding carboxylic acids is 1. The second kappa shape index (κ2) is 8.96. The van der Waals surface area contributed by atoms with Crippen LogP contribution in [0.25, 0.3) is 16.8 Å². The Hall–Kier alpha value is -4.23. The Morgan fingerprint density at radius 3 is 2.74 bits per heavy atom. The van der Waals surface area contributed by atoms with Crippen molar-refractivity contribution in [2.24, 2.45) is 0 Å². The van der Waals surface area contributed by atoms with E-state index in [0.29, 0.717) is 29.9 Å². The van der Waals surface area contributed by atoms with Crippen LogP contribution in [-0.2, 0) is 16.1 Å². The summed E-state index contributed by atoms with van der Waals surface area (Å²) < 4.78 is 22.1. The Morgan fingerprint density at radius 2 is 2.03 bits per heavy atom. The Bertz CT molecular complexity index is 1300. The molecule has 34 heavy (non-hydrogen) atoms. The fraction of sp³-hybridized carbons (Fsp3) is 0.250. The van der Waals surface area contributed by atoms with Crippen LogP contribution in [0.15, 0.2) is 54.7 Å². The summed E-state index contributed by atoms with van der Waals surface area (Å²) >= 11 is 0. The lowest BCUT2D eigenvalue weighted by molar-refractivity contribution is 0.0544. The third kappa shape index (κ3) is 4.33. The van der Waals surface area contributed by atoms with Gasteiger partial charge in [-0.1, -0.05) is 29.5 Å². The van der Waals surface area contributed by atoms with Crippen molar-refractivity contribution in [3.8, 4) is 17.2 Å². The fourth-order valence-electron chi connectivity index (χ4n) is 3.99. The summed E-state index contributed by atoms with van der Waals surface area (Å²) in [7, 11) is 0. The molecule has 2 atom stereocenters. The first-order valence-electron chi connectivity index (χ1n) is 10.8. The van der Waals surface area contributed by atoms with Crippen molar-refractivity contribution in [1.82, 2.24) is 20.5 Å². The number of hydroxylamine groups is 1. The van der Waals surface area contributed by atoms with E-state index in [-0.39, 0.29) is 12.5 Å². The summed E-state index contributed by atoms with van der Waals surface area (Å²) in [5.74, 6) is -0.441. The van der Waals surface area contributed by atoms with Crippen molar-refractivity contribution in [2.45, 2.75) is 32.1 Å². The van der Waals surface area contributed by atoms with E-state index in [4.69, 9.17) is 14.8 Å². The van der Waals surface area contributed by atoms with E-state index < -0.39 is 18.0 Å². The van der Waals surface area contributed by atoms with E-state index in [1.54, 1.807) is 23.0 Å². The molecule has 1 N–H and O–H groups in total. The van der Waals surface area contributed by atoms with Gasteiger partial charge in [-0.25, -0.2) is 13.9 Å². The van der Waals surface area contributed by atoms with Gasteiger partial charge in [-0.2, -0.15) is 5.26 Å². The van der Waals surface area contributed by atoms with Gasteiger partial charge >= 0.3 is 6.09 Å². The van der Waals surface area contributed by atoms with E-state index >= 15 is 4.39 Å². The van der Waals surface area contributed by atoms with Crippen molar-refractivity contribution in [2.75, 3.05) is 11.4 Å². The topological polar surface area (TPSA) is 105 Å². The van der Waals surface area contributed by atoms with Crippen LogP contribution in [0.4, 0.5) is 14.9 Å². The van der Waals surface area contributed by atoms with E-state index in [2.05, 4.69) is 21.9 Å². The highest BCUT2D eigenvalue weighted by Gasteiger charge is 2.33. The van der Waals surface area contributed by atoms with Crippen molar-refractivity contribution in [3.63, 3.8) is 0 Å². The molecule has 0 saturated carbocycles. The molecule has 3 aromatic rings. The van der Waals surface area contributed by atoms with Crippen LogP contribution in [0.5, 0.6) is 0 Å². The van der Waals surface area contributed by atoms with E-state index in [0.717, 1.165) is 17.0 Å². The Morgan fingerprint density at radius 1 is 1.24 bits per heavy atom. The predicted molar refractivity (Wildman–Crippen MR) is 120 cm³/mol. The number of nitriles is 1. The van der Waals surface area contributed by atoms with Gasteiger partial charge in [-0.05, 0) is 42.3 Å². The molecule has 0 spiro atoms. The number of hydrogen-bond acceptors (Lipinski definition) is 7. The quantitative estimate of drug-likeness (QED) is 0.599. The molecule has 1 saturated heterocycles. The fourth-order valence-corrected chi connectivity index (χ4v) is 3.99. The van der Waals surface area contributed by atoms with Crippen LogP contribution >= 0.6 is 0 Å². The second-order valence-electron chi connectivity index (χ2n) is 8.14. The summed E-state index contributed by atoms with van der Waals surface area (Å²) in [5.41, 5.74) is 6.79. The number of benzene rings is 2. The maximum atomic E-state index is 15.0. The molecule has 2 aromatic carbocycles. The summed E-state index contributed by atoms with van der Waals surface area (Å²) in [5, 5.41) is 16.7. The van der Waals surface area contributed by atoms with Crippen LogP contribution in [-0.4, -0.2) is 39.8 Å². The van der Waals surface area contributed by atoms with Gasteiger partial charge < -0.3 is 4.74 Å². The van der Waals surface area contributed by atoms with Gasteiger partial charge in [-0.15, -0.1) is 5.10 Å². The third-order valence-electron chi connectivity index (χ3n) is 5.65. The number of nitrogens with zero attached hydrogens (tertiary/aromatic N) is 5. The number of anilines is 1. The van der Waals surface area contributed by atoms with Crippen molar-refractivity contribution in [3.05, 3.63) is 71.8 Å². The zero-order valence-electron chi connectivity index (χ0n) is 18.3. The van der Waals surface area contributed by atoms with Gasteiger partial charge in [0.2, 0.25) is 0 Å². The number of nitrogens with one attached hydrogen (secondary N) is 1. The Labute approximate surface area is 194 Å². The number of halogens is 1. The number of rotatable bonds is 6. The van der Waals surface area contributed by atoms with Gasteiger partial charge in [0.25, 0.3) is 0 Å². The van der Waals surface area contributed by atoms with Crippen LogP contribution in [0.2, 0.25) is 0 Å². The summed E-state index contributed by atoms with van der Waals surface area (Å²) in [6, 6.07) is 14.1. The Kier molecular flexibility index (Phi) is 5.69. The molecule has 0 aliphatic carbocycles. The minimum atomic E-state index is -0.521. The summed E-state index contributed by atoms with van der Waals surface area (Å²) in [6.07, 6.45) is 2.67. The van der Waals surface area contributed by atoms with Gasteiger partial charge in [0.15, 0.2) is 0 Å². The summed E-state index contributed by atoms with van der Waals surface area (Å²) in [6.45, 7) is 2.50. The monoisotopic (exact) mass is 460 g/mol. The van der Waals surface area contributed by atoms with Crippen molar-refractivity contribution < 1.29 is 18.8 Å². The molecule has 1 fully saturated rings. The largest absolute Gasteiger partial charge is 0.442 e. The van der Waals surface area contributed by atoms with Gasteiger partial charge in [-0.3, -0.25) is 15.2 Å². The molecule has 0 radical (unpaired) electrons. The molecule has 172 valence electrons. The third-order valence-corrected chi connectivity index (χ3v) is 5.65. The van der Waals surface area contributed by atoms with E-state index in [9.17, 15) is 4.79 Å². The van der Waals surface area contributed by atoms with Gasteiger partial charge in [0.1, 0.15) is 18.0 Å². The molecule has 2 aliphatic heterocycles. The first-order chi connectivity index (χ1) is 16.5. The smallest absolute Gasteiger partial charge is 0.414 e. The molecule has 5 rings (SSSR count). The summed E-state index contributed by atoms with van der Waals surface area (Å²) in [4.78, 5) is 19.1. The predicted octanol–water partition coefficient (Wildman–Crippen LogP) is 3.58. The first-order valence-corrected chi connectivity index (χ1v) is 10.8. The first kappa shape index (κ1) is 21.6. The lowest BCUT2D eigenvalue weighted by Crippen LogP contribution is -2.26. The van der Waals surface area contributed by atoms with Crippen LogP contribution < -0.4 is 10.4 Å². The average molecular weight is 460 g/mol. The SMILES string of the molecule is Cc1cn(C[C@H]2CN(c3ccc(-c4ccc(C5=CC(CC#N)ON5)cc4)c(F)c3)C(=O)O2)nn1. The molecule has 1 amide bonds. The molecule has 10 heteroatoms. The van der Waals surface area contributed by atoms with E-state index in [1.165, 1.54) is 11.0 Å². The number of ether oxygens (including phenoxy) is 1. The average Bonchev–Trinajstić information content (AvgIpc) is 3.55. The number of hydrogen-bond donors (Lipinski definition) is 1. The maximum Gasteiger partial charge on any atom is 0.414 e. The molecule has 2 aliphatic rings. The maximum absolute atomic E-state index is 15.0. The molecule has 9 nitrogen and oxygen atoms in total.